The molecule has 4 rings (SSSR count). The van der Waals surface area contributed by atoms with Gasteiger partial charge in [-0.1, -0.05) is 42.5 Å². The van der Waals surface area contributed by atoms with Crippen molar-refractivity contribution in [1.82, 2.24) is 15.5 Å². The van der Waals surface area contributed by atoms with E-state index in [1.165, 1.54) is 18.2 Å². The maximum Gasteiger partial charge on any atom is 0.338 e. The van der Waals surface area contributed by atoms with Crippen LogP contribution in [0.4, 0.5) is 4.79 Å². The smallest absolute Gasteiger partial charge is 0.338 e. The number of carbonyl (C=O) groups is 2. The summed E-state index contributed by atoms with van der Waals surface area (Å²) in [6.45, 7) is 4.43. The van der Waals surface area contributed by atoms with Crippen LogP contribution in [-0.2, 0) is 22.5 Å². The fourth-order valence-corrected chi connectivity index (χ4v) is 4.25. The summed E-state index contributed by atoms with van der Waals surface area (Å²) in [5.74, 6) is 0.154. The van der Waals surface area contributed by atoms with E-state index in [0.29, 0.717) is 30.2 Å². The zero-order chi connectivity index (χ0) is 21.8. The molecule has 162 valence electrons. The Morgan fingerprint density at radius 2 is 1.87 bits per heavy atom. The molecular weight excluding hydrogens is 394 g/mol. The number of para-hydroxylation sites is 1. The molecule has 0 aromatic heterocycles. The predicted octanol–water partition coefficient (Wildman–Crippen LogP) is 2.92. The molecule has 0 fully saturated rings. The Balaban J connectivity index is 1.70. The van der Waals surface area contributed by atoms with Gasteiger partial charge in [-0.05, 0) is 30.5 Å². The first-order valence-corrected chi connectivity index (χ1v) is 10.5. The van der Waals surface area contributed by atoms with Gasteiger partial charge in [-0.15, -0.1) is 0 Å². The average Bonchev–Trinajstić information content (AvgIpc) is 2.79. The lowest BCUT2D eigenvalue weighted by Crippen LogP contribution is -2.49. The van der Waals surface area contributed by atoms with E-state index in [4.69, 9.17) is 9.47 Å². The van der Waals surface area contributed by atoms with Gasteiger partial charge in [0.2, 0.25) is 0 Å². The van der Waals surface area contributed by atoms with Gasteiger partial charge in [0.15, 0.2) is 0 Å². The van der Waals surface area contributed by atoms with Crippen molar-refractivity contribution >= 4 is 12.0 Å². The molecule has 2 N–H and O–H groups in total. The molecule has 7 nitrogen and oxygen atoms in total. The quantitative estimate of drug-likeness (QED) is 0.701. The van der Waals surface area contributed by atoms with Crippen LogP contribution in [0.3, 0.4) is 0 Å². The molecule has 2 amide bonds. The van der Waals surface area contributed by atoms with Gasteiger partial charge in [-0.3, -0.25) is 4.90 Å². The second-order valence-corrected chi connectivity index (χ2v) is 7.62. The summed E-state index contributed by atoms with van der Waals surface area (Å²) < 4.78 is 10.9. The summed E-state index contributed by atoms with van der Waals surface area (Å²) in [4.78, 5) is 27.6. The van der Waals surface area contributed by atoms with E-state index in [1.807, 2.05) is 37.3 Å². The van der Waals surface area contributed by atoms with Crippen LogP contribution in [0.15, 0.2) is 59.8 Å². The van der Waals surface area contributed by atoms with E-state index >= 15 is 0 Å². The number of hydrogen-bond acceptors (Lipinski definition) is 5. The number of ether oxygens (including phenoxy) is 2. The Bertz CT molecular complexity index is 1020. The third-order valence-electron chi connectivity index (χ3n) is 5.68. The van der Waals surface area contributed by atoms with Crippen LogP contribution < -0.4 is 15.4 Å². The summed E-state index contributed by atoms with van der Waals surface area (Å²) in [7, 11) is 1.35. The highest BCUT2D eigenvalue weighted by molar-refractivity contribution is 5.95. The van der Waals surface area contributed by atoms with E-state index in [9.17, 15) is 9.59 Å². The normalized spacial score (nSPS) is 18.6. The largest absolute Gasteiger partial charge is 0.494 e. The van der Waals surface area contributed by atoms with Gasteiger partial charge >= 0.3 is 12.0 Å². The zero-order valence-corrected chi connectivity index (χ0v) is 17.8. The number of methoxy groups -OCH3 is 1. The molecule has 2 aromatic rings. The van der Waals surface area contributed by atoms with E-state index in [1.54, 1.807) is 0 Å². The summed E-state index contributed by atoms with van der Waals surface area (Å²) in [5, 5.41) is 5.72. The first kappa shape index (κ1) is 20.9. The lowest BCUT2D eigenvalue weighted by atomic mass is 9.93. The maximum absolute atomic E-state index is 12.8. The minimum absolute atomic E-state index is 0.351. The van der Waals surface area contributed by atoms with Crippen LogP contribution in [0.1, 0.15) is 29.7 Å². The molecule has 1 atom stereocenters. The molecule has 0 aliphatic carbocycles. The number of nitrogens with one attached hydrogen (secondary N) is 2. The van der Waals surface area contributed by atoms with Gasteiger partial charge < -0.3 is 20.1 Å². The standard InChI is InChI=1S/C24H27N3O4/c1-3-31-20-11-7-6-10-18(20)22-21(23(28)30-2)19(25-24(29)26-22)15-27-13-12-16-8-4-5-9-17(16)14-27/h4-11,22H,3,12-15H2,1-2H3,(H2,25,26,29)/t22-/m1/s1. The number of esters is 1. The van der Waals surface area contributed by atoms with Crippen molar-refractivity contribution in [3.63, 3.8) is 0 Å². The molecule has 2 aliphatic rings. The van der Waals surface area contributed by atoms with Crippen molar-refractivity contribution in [3.8, 4) is 5.75 Å². The lowest BCUT2D eigenvalue weighted by Gasteiger charge is -2.34. The average molecular weight is 421 g/mol. The van der Waals surface area contributed by atoms with Crippen LogP contribution in [0.5, 0.6) is 5.75 Å². The van der Waals surface area contributed by atoms with Gasteiger partial charge in [0.05, 0.1) is 25.3 Å². The van der Waals surface area contributed by atoms with E-state index < -0.39 is 12.0 Å². The van der Waals surface area contributed by atoms with E-state index in [0.717, 1.165) is 25.1 Å². The highest BCUT2D eigenvalue weighted by Crippen LogP contribution is 2.34. The Labute approximate surface area is 182 Å². The molecule has 0 radical (unpaired) electrons. The molecule has 0 bridgehead atoms. The third-order valence-corrected chi connectivity index (χ3v) is 5.68. The summed E-state index contributed by atoms with van der Waals surface area (Å²) in [5.41, 5.74) is 4.30. The monoisotopic (exact) mass is 421 g/mol. The molecule has 2 heterocycles. The van der Waals surface area contributed by atoms with Crippen LogP contribution in [0.2, 0.25) is 0 Å². The number of hydrogen-bond donors (Lipinski definition) is 2. The van der Waals surface area contributed by atoms with E-state index in [-0.39, 0.29) is 6.03 Å². The summed E-state index contributed by atoms with van der Waals surface area (Å²) >= 11 is 0. The highest BCUT2D eigenvalue weighted by Gasteiger charge is 2.35. The molecule has 2 aromatic carbocycles. The van der Waals surface area contributed by atoms with E-state index in [2.05, 4.69) is 33.7 Å². The van der Waals surface area contributed by atoms with Crippen molar-refractivity contribution in [1.29, 1.82) is 0 Å². The van der Waals surface area contributed by atoms with Gasteiger partial charge in [0.1, 0.15) is 5.75 Å². The van der Waals surface area contributed by atoms with Gasteiger partial charge in [0, 0.05) is 30.9 Å². The Hall–Kier alpha value is -3.32. The minimum Gasteiger partial charge on any atom is -0.494 e. The third kappa shape index (κ3) is 4.41. The number of fused-ring (bicyclic) bond motifs is 1. The molecule has 0 saturated carbocycles. The molecule has 2 aliphatic heterocycles. The number of benzene rings is 2. The second-order valence-electron chi connectivity index (χ2n) is 7.62. The first-order chi connectivity index (χ1) is 15.1. The molecule has 0 saturated heterocycles. The topological polar surface area (TPSA) is 79.9 Å². The van der Waals surface area contributed by atoms with Crippen molar-refractivity contribution < 1.29 is 19.1 Å². The van der Waals surface area contributed by atoms with Crippen LogP contribution in [0.25, 0.3) is 0 Å². The van der Waals surface area contributed by atoms with Crippen molar-refractivity contribution in [2.45, 2.75) is 25.9 Å². The molecule has 0 spiro atoms. The predicted molar refractivity (Wildman–Crippen MR) is 116 cm³/mol. The van der Waals surface area contributed by atoms with Crippen LogP contribution in [0, 0.1) is 0 Å². The number of carbonyl (C=O) groups excluding carboxylic acids is 2. The van der Waals surface area contributed by atoms with Gasteiger partial charge in [0.25, 0.3) is 0 Å². The van der Waals surface area contributed by atoms with Crippen LogP contribution in [-0.4, -0.2) is 43.7 Å². The van der Waals surface area contributed by atoms with Gasteiger partial charge in [-0.2, -0.15) is 0 Å². The number of rotatable bonds is 6. The molecule has 7 heteroatoms. The fourth-order valence-electron chi connectivity index (χ4n) is 4.25. The first-order valence-electron chi connectivity index (χ1n) is 10.5. The molecule has 31 heavy (non-hydrogen) atoms. The summed E-state index contributed by atoms with van der Waals surface area (Å²) in [6.07, 6.45) is 0.930. The highest BCUT2D eigenvalue weighted by atomic mass is 16.5. The summed E-state index contributed by atoms with van der Waals surface area (Å²) in [6, 6.07) is 14.8. The van der Waals surface area contributed by atoms with Gasteiger partial charge in [-0.25, -0.2) is 9.59 Å². The fraction of sp³-hybridized carbons (Fsp3) is 0.333. The minimum atomic E-state index is -0.656. The van der Waals surface area contributed by atoms with Crippen molar-refractivity contribution in [3.05, 3.63) is 76.5 Å². The Morgan fingerprint density at radius 1 is 1.13 bits per heavy atom. The number of amides is 2. The second kappa shape index (κ2) is 9.22. The SMILES string of the molecule is CCOc1ccccc1[C@H]1NC(=O)NC(CN2CCc3ccccc3C2)=C1C(=O)OC. The molecular formula is C24H27N3O4. The van der Waals surface area contributed by atoms with Crippen LogP contribution >= 0.6 is 0 Å². The van der Waals surface area contributed by atoms with Crippen molar-refractivity contribution in [2.24, 2.45) is 0 Å². The lowest BCUT2D eigenvalue weighted by molar-refractivity contribution is -0.136. The van der Waals surface area contributed by atoms with Crippen molar-refractivity contribution in [2.75, 3.05) is 26.8 Å². The maximum atomic E-state index is 12.8. The zero-order valence-electron chi connectivity index (χ0n) is 17.8. The number of urea groups is 1. The Morgan fingerprint density at radius 3 is 2.65 bits per heavy atom. The Kier molecular flexibility index (Phi) is 6.23. The number of nitrogens with zero attached hydrogens (tertiary/aromatic N) is 1. The molecule has 0 unspecified atom stereocenters.